The molecule has 30 heavy (non-hydrogen) atoms. The van der Waals surface area contributed by atoms with Gasteiger partial charge in [-0.25, -0.2) is 9.78 Å². The van der Waals surface area contributed by atoms with E-state index in [0.29, 0.717) is 32.9 Å². The fourth-order valence-electron chi connectivity index (χ4n) is 2.60. The van der Waals surface area contributed by atoms with Crippen molar-refractivity contribution in [2.24, 2.45) is 0 Å². The molecule has 1 amide bonds. The number of rotatable bonds is 7. The van der Waals surface area contributed by atoms with E-state index in [2.05, 4.69) is 20.0 Å². The Balaban J connectivity index is 1.62. The molecule has 0 unspecified atom stereocenters. The van der Waals surface area contributed by atoms with Crippen LogP contribution in [0.4, 0.5) is 5.69 Å². The molecule has 0 aliphatic carbocycles. The molecule has 9 heteroatoms. The third kappa shape index (κ3) is 6.20. The summed E-state index contributed by atoms with van der Waals surface area (Å²) in [5, 5.41) is 3.78. The summed E-state index contributed by atoms with van der Waals surface area (Å²) >= 11 is 7.33. The summed E-state index contributed by atoms with van der Waals surface area (Å²) in [7, 11) is 1.30. The van der Waals surface area contributed by atoms with Crippen molar-refractivity contribution in [3.8, 4) is 0 Å². The van der Waals surface area contributed by atoms with Crippen molar-refractivity contribution in [2.75, 3.05) is 12.4 Å². The van der Waals surface area contributed by atoms with Crippen LogP contribution < -0.4 is 10.9 Å². The predicted molar refractivity (Wildman–Crippen MR) is 116 cm³/mol. The third-order valence-electron chi connectivity index (χ3n) is 3.97. The van der Waals surface area contributed by atoms with Gasteiger partial charge in [0.25, 0.3) is 5.56 Å². The molecule has 154 valence electrons. The van der Waals surface area contributed by atoms with Crippen molar-refractivity contribution in [3.05, 3.63) is 86.8 Å². The lowest BCUT2D eigenvalue weighted by atomic mass is 10.2. The Morgan fingerprint density at radius 2 is 1.93 bits per heavy atom. The van der Waals surface area contributed by atoms with Crippen molar-refractivity contribution in [3.63, 3.8) is 0 Å². The van der Waals surface area contributed by atoms with E-state index >= 15 is 0 Å². The number of hydrogen-bond acceptors (Lipinski definition) is 6. The second-order valence-electron chi connectivity index (χ2n) is 6.25. The molecule has 3 aromatic rings. The maximum atomic E-state index is 12.3. The lowest BCUT2D eigenvalue weighted by Crippen LogP contribution is -2.18. The number of benzene rings is 2. The van der Waals surface area contributed by atoms with E-state index in [1.54, 1.807) is 30.3 Å². The minimum atomic E-state index is -0.455. The number of halogens is 1. The Labute approximate surface area is 181 Å². The number of nitrogens with one attached hydrogen (secondary N) is 2. The van der Waals surface area contributed by atoms with E-state index < -0.39 is 5.97 Å². The van der Waals surface area contributed by atoms with Crippen molar-refractivity contribution in [1.82, 2.24) is 9.97 Å². The van der Waals surface area contributed by atoms with Gasteiger partial charge in [0.15, 0.2) is 5.16 Å². The summed E-state index contributed by atoms with van der Waals surface area (Å²) in [5.74, 6) is -0.209. The molecule has 3 rings (SSSR count). The van der Waals surface area contributed by atoms with E-state index in [1.165, 1.54) is 24.9 Å². The van der Waals surface area contributed by atoms with Gasteiger partial charge in [-0.1, -0.05) is 35.5 Å². The predicted octanol–water partition coefficient (Wildman–Crippen LogP) is 3.68. The Kier molecular flexibility index (Phi) is 7.26. The standard InChI is InChI=1S/C21H18ClN3O4S/c1-29-20(28)14-5-7-16(8-6-14)23-18(26)10-17-11-19(27)25-21(24-17)30-12-13-3-2-4-15(22)9-13/h2-9,11H,10,12H2,1H3,(H,23,26)(H,24,25,27). The van der Waals surface area contributed by atoms with Crippen LogP contribution in [0.5, 0.6) is 0 Å². The number of esters is 1. The zero-order valence-electron chi connectivity index (χ0n) is 16.0. The summed E-state index contributed by atoms with van der Waals surface area (Å²) in [6.45, 7) is 0. The van der Waals surface area contributed by atoms with Crippen LogP contribution in [0, 0.1) is 0 Å². The summed E-state index contributed by atoms with van der Waals surface area (Å²) in [6.07, 6.45) is -0.0621. The van der Waals surface area contributed by atoms with Crippen molar-refractivity contribution in [2.45, 2.75) is 17.3 Å². The lowest BCUT2D eigenvalue weighted by Gasteiger charge is -2.07. The number of thioether (sulfide) groups is 1. The number of nitrogens with zero attached hydrogens (tertiary/aromatic N) is 1. The molecular formula is C21H18ClN3O4S. The Bertz CT molecular complexity index is 1120. The normalized spacial score (nSPS) is 10.5. The molecule has 0 fully saturated rings. The number of methoxy groups -OCH3 is 1. The van der Waals surface area contributed by atoms with Crippen LogP contribution in [-0.2, 0) is 21.7 Å². The second-order valence-corrected chi connectivity index (χ2v) is 7.65. The number of aromatic nitrogens is 2. The van der Waals surface area contributed by atoms with Gasteiger partial charge in [-0.15, -0.1) is 0 Å². The zero-order chi connectivity index (χ0) is 21.5. The first-order chi connectivity index (χ1) is 14.4. The van der Waals surface area contributed by atoms with Crippen LogP contribution in [0.1, 0.15) is 21.6 Å². The van der Waals surface area contributed by atoms with Gasteiger partial charge in [-0.2, -0.15) is 0 Å². The number of carbonyl (C=O) groups is 2. The van der Waals surface area contributed by atoms with E-state index in [-0.39, 0.29) is 17.9 Å². The van der Waals surface area contributed by atoms with Gasteiger partial charge in [-0.3, -0.25) is 9.59 Å². The minimum Gasteiger partial charge on any atom is -0.465 e. The number of ether oxygens (including phenoxy) is 1. The monoisotopic (exact) mass is 443 g/mol. The average molecular weight is 444 g/mol. The molecule has 1 heterocycles. The SMILES string of the molecule is COC(=O)c1ccc(NC(=O)Cc2cc(=O)[nH]c(SCc3cccc(Cl)c3)n2)cc1. The quantitative estimate of drug-likeness (QED) is 0.328. The molecule has 7 nitrogen and oxygen atoms in total. The van der Waals surface area contributed by atoms with Gasteiger partial charge in [-0.05, 0) is 42.0 Å². The van der Waals surface area contributed by atoms with Gasteiger partial charge >= 0.3 is 5.97 Å². The number of H-pyrrole nitrogens is 1. The number of hydrogen-bond donors (Lipinski definition) is 2. The van der Waals surface area contributed by atoms with Gasteiger partial charge in [0.2, 0.25) is 5.91 Å². The van der Waals surface area contributed by atoms with Crippen molar-refractivity contribution in [1.29, 1.82) is 0 Å². The van der Waals surface area contributed by atoms with Gasteiger partial charge in [0, 0.05) is 22.5 Å². The number of aromatic amines is 1. The highest BCUT2D eigenvalue weighted by Gasteiger charge is 2.10. The van der Waals surface area contributed by atoms with Crippen LogP contribution >= 0.6 is 23.4 Å². The topological polar surface area (TPSA) is 101 Å². The summed E-state index contributed by atoms with van der Waals surface area (Å²) in [4.78, 5) is 42.7. The molecule has 0 saturated carbocycles. The smallest absolute Gasteiger partial charge is 0.337 e. The van der Waals surface area contributed by atoms with Crippen LogP contribution in [0.3, 0.4) is 0 Å². The van der Waals surface area contributed by atoms with Gasteiger partial charge < -0.3 is 15.0 Å². The Morgan fingerprint density at radius 1 is 1.17 bits per heavy atom. The van der Waals surface area contributed by atoms with Gasteiger partial charge in [0.1, 0.15) is 0 Å². The summed E-state index contributed by atoms with van der Waals surface area (Å²) in [5.41, 5.74) is 1.93. The first-order valence-electron chi connectivity index (χ1n) is 8.88. The highest BCUT2D eigenvalue weighted by molar-refractivity contribution is 7.98. The molecule has 0 aliphatic rings. The maximum absolute atomic E-state index is 12.3. The number of carbonyl (C=O) groups excluding carboxylic acids is 2. The molecule has 2 aromatic carbocycles. The van der Waals surface area contributed by atoms with Crippen LogP contribution in [0.2, 0.25) is 5.02 Å². The number of amides is 1. The Hall–Kier alpha value is -3.10. The number of anilines is 1. The zero-order valence-corrected chi connectivity index (χ0v) is 17.5. The Morgan fingerprint density at radius 3 is 2.63 bits per heavy atom. The first kappa shape index (κ1) is 21.6. The van der Waals surface area contributed by atoms with Crippen LogP contribution in [-0.4, -0.2) is 29.0 Å². The molecule has 0 saturated heterocycles. The largest absolute Gasteiger partial charge is 0.465 e. The molecule has 0 radical (unpaired) electrons. The molecule has 0 spiro atoms. The summed E-state index contributed by atoms with van der Waals surface area (Å²) in [6, 6.07) is 15.0. The molecule has 0 bridgehead atoms. The molecule has 0 aliphatic heterocycles. The third-order valence-corrected chi connectivity index (χ3v) is 5.15. The van der Waals surface area contributed by atoms with Crippen LogP contribution in [0.25, 0.3) is 0 Å². The summed E-state index contributed by atoms with van der Waals surface area (Å²) < 4.78 is 4.64. The van der Waals surface area contributed by atoms with Crippen molar-refractivity contribution < 1.29 is 14.3 Å². The molecule has 2 N–H and O–H groups in total. The van der Waals surface area contributed by atoms with E-state index in [0.717, 1.165) is 5.56 Å². The van der Waals surface area contributed by atoms with Crippen LogP contribution in [0.15, 0.2) is 64.5 Å². The molecular weight excluding hydrogens is 426 g/mol. The first-order valence-corrected chi connectivity index (χ1v) is 10.2. The van der Waals surface area contributed by atoms with E-state index in [9.17, 15) is 14.4 Å². The fourth-order valence-corrected chi connectivity index (χ4v) is 3.65. The highest BCUT2D eigenvalue weighted by Crippen LogP contribution is 2.21. The average Bonchev–Trinajstić information content (AvgIpc) is 2.72. The van der Waals surface area contributed by atoms with E-state index in [4.69, 9.17) is 11.6 Å². The van der Waals surface area contributed by atoms with E-state index in [1.807, 2.05) is 18.2 Å². The second kappa shape index (κ2) is 10.1. The molecule has 1 aromatic heterocycles. The molecule has 0 atom stereocenters. The van der Waals surface area contributed by atoms with Gasteiger partial charge in [0.05, 0.1) is 24.8 Å². The fraction of sp³-hybridized carbons (Fsp3) is 0.143. The maximum Gasteiger partial charge on any atom is 0.337 e. The lowest BCUT2D eigenvalue weighted by molar-refractivity contribution is -0.115. The van der Waals surface area contributed by atoms with Crippen molar-refractivity contribution >= 4 is 40.9 Å². The minimum absolute atomic E-state index is 0.0621. The highest BCUT2D eigenvalue weighted by atomic mass is 35.5.